The predicted octanol–water partition coefficient (Wildman–Crippen LogP) is 1.79. The first-order valence-corrected chi connectivity index (χ1v) is 6.07. The molecule has 1 aliphatic heterocycles. The number of benzene rings is 1. The molecule has 0 radical (unpaired) electrons. The van der Waals surface area contributed by atoms with Gasteiger partial charge in [-0.2, -0.15) is 0 Å². The molecule has 2 amide bonds. The van der Waals surface area contributed by atoms with E-state index in [1.165, 1.54) is 4.90 Å². The van der Waals surface area contributed by atoms with Crippen LogP contribution in [0.25, 0.3) is 0 Å². The predicted molar refractivity (Wildman–Crippen MR) is 72.2 cm³/mol. The maximum Gasteiger partial charge on any atom is 0.327 e. The van der Waals surface area contributed by atoms with Gasteiger partial charge >= 0.3 is 12.0 Å². The molecule has 2 rings (SSSR count). The summed E-state index contributed by atoms with van der Waals surface area (Å²) in [7, 11) is 0. The Morgan fingerprint density at radius 2 is 2.21 bits per heavy atom. The number of carboxylic acids is 1. The first-order valence-electron chi connectivity index (χ1n) is 6.07. The molecule has 1 aromatic rings. The van der Waals surface area contributed by atoms with Gasteiger partial charge in [0.15, 0.2) is 0 Å². The van der Waals surface area contributed by atoms with E-state index in [1.54, 1.807) is 25.1 Å². The zero-order valence-electron chi connectivity index (χ0n) is 10.7. The molecule has 2 unspecified atom stereocenters. The Labute approximate surface area is 111 Å². The molecule has 2 atom stereocenters. The molecule has 5 nitrogen and oxygen atoms in total. The van der Waals surface area contributed by atoms with Crippen molar-refractivity contribution in [2.75, 3.05) is 4.90 Å². The lowest BCUT2D eigenvalue weighted by atomic mass is 10.1. The van der Waals surface area contributed by atoms with E-state index in [9.17, 15) is 14.7 Å². The third kappa shape index (κ3) is 2.45. The third-order valence-corrected chi connectivity index (χ3v) is 3.18. The lowest BCUT2D eigenvalue weighted by molar-refractivity contribution is -0.138. The average molecular weight is 260 g/mol. The van der Waals surface area contributed by atoms with Crippen LogP contribution in [0.1, 0.15) is 12.5 Å². The monoisotopic (exact) mass is 260 g/mol. The summed E-state index contributed by atoms with van der Waals surface area (Å²) < 4.78 is 0. The zero-order chi connectivity index (χ0) is 14.0. The number of hydrogen-bond acceptors (Lipinski definition) is 2. The first-order chi connectivity index (χ1) is 9.04. The fourth-order valence-electron chi connectivity index (χ4n) is 2.16. The second-order valence-electron chi connectivity index (χ2n) is 4.53. The molecule has 0 aromatic heterocycles. The van der Waals surface area contributed by atoms with Crippen molar-refractivity contribution < 1.29 is 14.7 Å². The van der Waals surface area contributed by atoms with E-state index in [0.29, 0.717) is 12.1 Å². The molecule has 0 fully saturated rings. The Hall–Kier alpha value is -2.30. The van der Waals surface area contributed by atoms with Gasteiger partial charge in [0.05, 0.1) is 0 Å². The molecule has 0 saturated heterocycles. The van der Waals surface area contributed by atoms with Crippen LogP contribution in [0, 0.1) is 0 Å². The number of carbonyl (C=O) groups excluding carboxylic acids is 1. The Balaban J connectivity index is 2.31. The molecule has 1 heterocycles. The van der Waals surface area contributed by atoms with Gasteiger partial charge in [-0.1, -0.05) is 24.3 Å². The minimum absolute atomic E-state index is 0.213. The van der Waals surface area contributed by atoms with Gasteiger partial charge in [0.2, 0.25) is 0 Å². The normalized spacial score (nSPS) is 18.6. The van der Waals surface area contributed by atoms with E-state index < -0.39 is 18.0 Å². The lowest BCUT2D eigenvalue weighted by Crippen LogP contribution is -2.49. The van der Waals surface area contributed by atoms with Gasteiger partial charge in [0.1, 0.15) is 6.04 Å². The number of carbonyl (C=O) groups is 2. The summed E-state index contributed by atoms with van der Waals surface area (Å²) in [6, 6.07) is 5.76. The SMILES string of the molecule is C=CC(C)NC(=O)N1c2ccccc2CC1C(=O)O. The van der Waals surface area contributed by atoms with E-state index in [2.05, 4.69) is 11.9 Å². The molecule has 0 bridgehead atoms. The molecule has 0 saturated carbocycles. The van der Waals surface area contributed by atoms with Gasteiger partial charge in [-0.3, -0.25) is 4.90 Å². The van der Waals surface area contributed by atoms with Crippen LogP contribution in [0.5, 0.6) is 0 Å². The number of para-hydroxylation sites is 1. The van der Waals surface area contributed by atoms with Gasteiger partial charge in [0, 0.05) is 18.2 Å². The summed E-state index contributed by atoms with van der Waals surface area (Å²) in [6.45, 7) is 5.37. The zero-order valence-corrected chi connectivity index (χ0v) is 10.7. The van der Waals surface area contributed by atoms with Crippen LogP contribution in [0.4, 0.5) is 10.5 Å². The summed E-state index contributed by atoms with van der Waals surface area (Å²) in [4.78, 5) is 24.8. The quantitative estimate of drug-likeness (QED) is 0.814. The van der Waals surface area contributed by atoms with Crippen LogP contribution in [0.2, 0.25) is 0 Å². The Morgan fingerprint density at radius 3 is 2.84 bits per heavy atom. The molecule has 19 heavy (non-hydrogen) atoms. The number of fused-ring (bicyclic) bond motifs is 1. The van der Waals surface area contributed by atoms with Gasteiger partial charge < -0.3 is 10.4 Å². The van der Waals surface area contributed by atoms with Gasteiger partial charge in [-0.15, -0.1) is 6.58 Å². The molecule has 1 aromatic carbocycles. The van der Waals surface area contributed by atoms with E-state index >= 15 is 0 Å². The van der Waals surface area contributed by atoms with Crippen molar-refractivity contribution in [3.05, 3.63) is 42.5 Å². The highest BCUT2D eigenvalue weighted by atomic mass is 16.4. The number of nitrogens with zero attached hydrogens (tertiary/aromatic N) is 1. The molecular weight excluding hydrogens is 244 g/mol. The number of nitrogens with one attached hydrogen (secondary N) is 1. The Bertz CT molecular complexity index is 527. The minimum Gasteiger partial charge on any atom is -0.480 e. The highest BCUT2D eigenvalue weighted by Crippen LogP contribution is 2.32. The fourth-order valence-corrected chi connectivity index (χ4v) is 2.16. The van der Waals surface area contributed by atoms with Crippen LogP contribution >= 0.6 is 0 Å². The topological polar surface area (TPSA) is 69.6 Å². The molecule has 0 aliphatic carbocycles. The minimum atomic E-state index is -1.00. The number of urea groups is 1. The van der Waals surface area contributed by atoms with Crippen LogP contribution in [-0.2, 0) is 11.2 Å². The second-order valence-corrected chi connectivity index (χ2v) is 4.53. The van der Waals surface area contributed by atoms with Crippen LogP contribution in [-0.4, -0.2) is 29.2 Å². The molecule has 2 N–H and O–H groups in total. The summed E-state index contributed by atoms with van der Waals surface area (Å²) in [5.74, 6) is -1.00. The van der Waals surface area contributed by atoms with E-state index in [4.69, 9.17) is 0 Å². The molecule has 1 aliphatic rings. The van der Waals surface area contributed by atoms with Crippen molar-refractivity contribution in [1.29, 1.82) is 0 Å². The van der Waals surface area contributed by atoms with E-state index in [-0.39, 0.29) is 6.04 Å². The second kappa shape index (κ2) is 5.14. The highest BCUT2D eigenvalue weighted by molar-refractivity contribution is 6.01. The van der Waals surface area contributed by atoms with E-state index in [0.717, 1.165) is 5.56 Å². The van der Waals surface area contributed by atoms with Crippen molar-refractivity contribution in [2.24, 2.45) is 0 Å². The summed E-state index contributed by atoms with van der Waals surface area (Å²) in [5.41, 5.74) is 1.53. The largest absolute Gasteiger partial charge is 0.480 e. The smallest absolute Gasteiger partial charge is 0.327 e. The highest BCUT2D eigenvalue weighted by Gasteiger charge is 2.38. The Morgan fingerprint density at radius 1 is 1.53 bits per heavy atom. The van der Waals surface area contributed by atoms with Crippen molar-refractivity contribution in [3.8, 4) is 0 Å². The first kappa shape index (κ1) is 13.1. The fraction of sp³-hybridized carbons (Fsp3) is 0.286. The maximum atomic E-state index is 12.2. The number of hydrogen-bond donors (Lipinski definition) is 2. The molecule has 0 spiro atoms. The standard InChI is InChI=1S/C14H16N2O3/c1-3-9(2)15-14(19)16-11-7-5-4-6-10(11)8-12(16)13(17)18/h3-7,9,12H,1,8H2,2H3,(H,15,19)(H,17,18). The van der Waals surface area contributed by atoms with Crippen LogP contribution in [0.15, 0.2) is 36.9 Å². The number of anilines is 1. The number of carboxylic acid groups (broad SMARTS) is 1. The lowest BCUT2D eigenvalue weighted by Gasteiger charge is -2.24. The molecule has 5 heteroatoms. The van der Waals surface area contributed by atoms with Crippen molar-refractivity contribution in [3.63, 3.8) is 0 Å². The molecule has 100 valence electrons. The number of aliphatic carboxylic acids is 1. The maximum absolute atomic E-state index is 12.2. The van der Waals surface area contributed by atoms with Crippen LogP contribution < -0.4 is 10.2 Å². The average Bonchev–Trinajstić information content (AvgIpc) is 2.78. The third-order valence-electron chi connectivity index (χ3n) is 3.18. The van der Waals surface area contributed by atoms with Crippen molar-refractivity contribution in [1.82, 2.24) is 5.32 Å². The number of rotatable bonds is 3. The van der Waals surface area contributed by atoms with Gasteiger partial charge in [-0.25, -0.2) is 9.59 Å². The van der Waals surface area contributed by atoms with Crippen molar-refractivity contribution in [2.45, 2.75) is 25.4 Å². The van der Waals surface area contributed by atoms with E-state index in [1.807, 2.05) is 12.1 Å². The van der Waals surface area contributed by atoms with Crippen molar-refractivity contribution >= 4 is 17.7 Å². The summed E-state index contributed by atoms with van der Waals surface area (Å²) in [5, 5.41) is 12.0. The van der Waals surface area contributed by atoms with Crippen LogP contribution in [0.3, 0.4) is 0 Å². The summed E-state index contributed by atoms with van der Waals surface area (Å²) in [6.07, 6.45) is 1.93. The number of amides is 2. The Kier molecular flexibility index (Phi) is 3.55. The van der Waals surface area contributed by atoms with Gasteiger partial charge in [-0.05, 0) is 18.6 Å². The molecular formula is C14H16N2O3. The van der Waals surface area contributed by atoms with Gasteiger partial charge in [0.25, 0.3) is 0 Å². The summed E-state index contributed by atoms with van der Waals surface area (Å²) >= 11 is 0.